The SMILES string of the molecule is COCC1(S(=O)(=O)Nc2ccc(F)c(C)c2C(=O)O)CC1. The number of hydrogen-bond acceptors (Lipinski definition) is 4. The Hall–Kier alpha value is -1.67. The van der Waals surface area contributed by atoms with E-state index in [0.29, 0.717) is 12.8 Å². The molecule has 0 unspecified atom stereocenters. The fourth-order valence-corrected chi connectivity index (χ4v) is 3.78. The zero-order chi connectivity index (χ0) is 15.8. The average Bonchev–Trinajstić information content (AvgIpc) is 3.15. The van der Waals surface area contributed by atoms with Gasteiger partial charge in [0.2, 0.25) is 10.0 Å². The van der Waals surface area contributed by atoms with E-state index in [9.17, 15) is 17.6 Å². The Morgan fingerprint density at radius 1 is 1.48 bits per heavy atom. The first kappa shape index (κ1) is 15.7. The van der Waals surface area contributed by atoms with Crippen molar-refractivity contribution in [2.24, 2.45) is 0 Å². The van der Waals surface area contributed by atoms with Gasteiger partial charge in [0, 0.05) is 12.7 Å². The summed E-state index contributed by atoms with van der Waals surface area (Å²) in [5, 5.41) is 9.16. The van der Waals surface area contributed by atoms with Crippen LogP contribution in [0.3, 0.4) is 0 Å². The molecule has 2 N–H and O–H groups in total. The largest absolute Gasteiger partial charge is 0.478 e. The Morgan fingerprint density at radius 2 is 2.10 bits per heavy atom. The van der Waals surface area contributed by atoms with Crippen LogP contribution in [0, 0.1) is 12.7 Å². The summed E-state index contributed by atoms with van der Waals surface area (Å²) in [6.07, 6.45) is 0.886. The van der Waals surface area contributed by atoms with Crippen LogP contribution in [0.4, 0.5) is 10.1 Å². The van der Waals surface area contributed by atoms with Gasteiger partial charge in [0.1, 0.15) is 10.6 Å². The molecule has 0 aromatic heterocycles. The zero-order valence-electron chi connectivity index (χ0n) is 11.6. The van der Waals surface area contributed by atoms with Crippen LogP contribution in [0.5, 0.6) is 0 Å². The average molecular weight is 317 g/mol. The molecule has 1 aromatic carbocycles. The van der Waals surface area contributed by atoms with Crippen molar-refractivity contribution in [1.29, 1.82) is 0 Å². The Bertz CT molecular complexity index is 682. The third kappa shape index (κ3) is 2.73. The molecule has 21 heavy (non-hydrogen) atoms. The lowest BCUT2D eigenvalue weighted by molar-refractivity contribution is 0.0696. The second-order valence-electron chi connectivity index (χ2n) is 5.12. The highest BCUT2D eigenvalue weighted by Crippen LogP contribution is 2.44. The molecule has 0 radical (unpaired) electrons. The smallest absolute Gasteiger partial charge is 0.338 e. The van der Waals surface area contributed by atoms with E-state index in [1.807, 2.05) is 0 Å². The van der Waals surface area contributed by atoms with Gasteiger partial charge in [-0.25, -0.2) is 17.6 Å². The fraction of sp³-hybridized carbons (Fsp3) is 0.462. The van der Waals surface area contributed by atoms with Gasteiger partial charge in [-0.3, -0.25) is 4.72 Å². The van der Waals surface area contributed by atoms with Gasteiger partial charge in [0.25, 0.3) is 0 Å². The van der Waals surface area contributed by atoms with Crippen molar-refractivity contribution < 1.29 is 27.4 Å². The maximum Gasteiger partial charge on any atom is 0.338 e. The maximum atomic E-state index is 13.5. The molecule has 6 nitrogen and oxygen atoms in total. The summed E-state index contributed by atoms with van der Waals surface area (Å²) >= 11 is 0. The minimum atomic E-state index is -3.81. The van der Waals surface area contributed by atoms with Gasteiger partial charge in [0.05, 0.1) is 17.9 Å². The third-order valence-electron chi connectivity index (χ3n) is 3.64. The quantitative estimate of drug-likeness (QED) is 0.834. The summed E-state index contributed by atoms with van der Waals surface area (Å²) in [7, 11) is -2.41. The van der Waals surface area contributed by atoms with Crippen LogP contribution in [0.1, 0.15) is 28.8 Å². The zero-order valence-corrected chi connectivity index (χ0v) is 12.5. The summed E-state index contributed by atoms with van der Waals surface area (Å²) in [4.78, 5) is 11.2. The number of methoxy groups -OCH3 is 1. The monoisotopic (exact) mass is 317 g/mol. The summed E-state index contributed by atoms with van der Waals surface area (Å²) in [6, 6.07) is 2.15. The van der Waals surface area contributed by atoms with Crippen molar-refractivity contribution in [3.05, 3.63) is 29.1 Å². The van der Waals surface area contributed by atoms with Crippen molar-refractivity contribution in [2.45, 2.75) is 24.5 Å². The van der Waals surface area contributed by atoms with Crippen LogP contribution < -0.4 is 4.72 Å². The first-order chi connectivity index (χ1) is 9.74. The number of carboxylic acid groups (broad SMARTS) is 1. The van der Waals surface area contributed by atoms with Gasteiger partial charge in [0.15, 0.2) is 0 Å². The molecule has 116 valence electrons. The molecule has 1 aromatic rings. The number of halogens is 1. The van der Waals surface area contributed by atoms with Crippen LogP contribution in [0.25, 0.3) is 0 Å². The molecule has 0 amide bonds. The second-order valence-corrected chi connectivity index (χ2v) is 7.20. The van der Waals surface area contributed by atoms with Crippen molar-refractivity contribution in [2.75, 3.05) is 18.4 Å². The summed E-state index contributed by atoms with van der Waals surface area (Å²) in [5.41, 5.74) is -0.630. The number of anilines is 1. The fourth-order valence-electron chi connectivity index (χ4n) is 2.19. The molecule has 0 spiro atoms. The Labute approximate surface area is 122 Å². The summed E-state index contributed by atoms with van der Waals surface area (Å²) in [5.74, 6) is -2.09. The first-order valence-electron chi connectivity index (χ1n) is 6.28. The Morgan fingerprint density at radius 3 is 2.57 bits per heavy atom. The molecule has 0 saturated heterocycles. The molecule has 1 aliphatic carbocycles. The minimum Gasteiger partial charge on any atom is -0.478 e. The molecule has 1 fully saturated rings. The normalized spacial score (nSPS) is 16.5. The first-order valence-corrected chi connectivity index (χ1v) is 7.76. The predicted octanol–water partition coefficient (Wildman–Crippen LogP) is 1.75. The summed E-state index contributed by atoms with van der Waals surface area (Å²) < 4.78 is 44.4. The molecule has 0 heterocycles. The van der Waals surface area contributed by atoms with Crippen molar-refractivity contribution in [1.82, 2.24) is 0 Å². The molecule has 1 aliphatic rings. The molecule has 0 aliphatic heterocycles. The maximum absolute atomic E-state index is 13.5. The number of aromatic carboxylic acids is 1. The molecule has 2 rings (SSSR count). The predicted molar refractivity (Wildman–Crippen MR) is 74.5 cm³/mol. The number of carbonyl (C=O) groups is 1. The van der Waals surface area contributed by atoms with Crippen LogP contribution in [0.2, 0.25) is 0 Å². The summed E-state index contributed by atoms with van der Waals surface area (Å²) in [6.45, 7) is 1.32. The van der Waals surface area contributed by atoms with Crippen LogP contribution in [-0.4, -0.2) is 38.0 Å². The molecule has 0 atom stereocenters. The molecule has 8 heteroatoms. The van der Waals surface area contributed by atoms with Crippen molar-refractivity contribution in [3.63, 3.8) is 0 Å². The van der Waals surface area contributed by atoms with Crippen molar-refractivity contribution in [3.8, 4) is 0 Å². The number of sulfonamides is 1. The number of carboxylic acids is 1. The van der Waals surface area contributed by atoms with Crippen LogP contribution in [0.15, 0.2) is 12.1 Å². The van der Waals surface area contributed by atoms with Gasteiger partial charge in [-0.15, -0.1) is 0 Å². The number of ether oxygens (including phenoxy) is 1. The van der Waals surface area contributed by atoms with E-state index < -0.39 is 26.6 Å². The van der Waals surface area contributed by atoms with E-state index in [1.54, 1.807) is 0 Å². The Balaban J connectivity index is 2.41. The van der Waals surface area contributed by atoms with E-state index >= 15 is 0 Å². The van der Waals surface area contributed by atoms with Crippen LogP contribution >= 0.6 is 0 Å². The van der Waals surface area contributed by atoms with E-state index in [0.717, 1.165) is 12.1 Å². The lowest BCUT2D eigenvalue weighted by Crippen LogP contribution is -2.34. The van der Waals surface area contributed by atoms with Gasteiger partial charge in [-0.05, 0) is 31.9 Å². The van der Waals surface area contributed by atoms with E-state index in [-0.39, 0.29) is 23.4 Å². The molecule has 0 bridgehead atoms. The topological polar surface area (TPSA) is 92.7 Å². The van der Waals surface area contributed by atoms with Crippen molar-refractivity contribution >= 4 is 21.7 Å². The Kier molecular flexibility index (Phi) is 3.94. The number of rotatable bonds is 6. The highest BCUT2D eigenvalue weighted by molar-refractivity contribution is 7.94. The van der Waals surface area contributed by atoms with Gasteiger partial charge in [-0.2, -0.15) is 0 Å². The van der Waals surface area contributed by atoms with Gasteiger partial charge in [-0.1, -0.05) is 0 Å². The molecule has 1 saturated carbocycles. The molecular weight excluding hydrogens is 301 g/mol. The van der Waals surface area contributed by atoms with Crippen LogP contribution in [-0.2, 0) is 14.8 Å². The van der Waals surface area contributed by atoms with Gasteiger partial charge >= 0.3 is 5.97 Å². The standard InChI is InChI=1S/C13H16FNO5S/c1-8-9(14)3-4-10(11(8)12(16)17)15-21(18,19)13(5-6-13)7-20-2/h3-4,15H,5-7H2,1-2H3,(H,16,17). The highest BCUT2D eigenvalue weighted by Gasteiger charge is 2.55. The van der Waals surface area contributed by atoms with E-state index in [4.69, 9.17) is 9.84 Å². The number of hydrogen-bond donors (Lipinski definition) is 2. The lowest BCUT2D eigenvalue weighted by Gasteiger charge is -2.18. The third-order valence-corrected chi connectivity index (χ3v) is 5.80. The van der Waals surface area contributed by atoms with E-state index in [2.05, 4.69) is 4.72 Å². The lowest BCUT2D eigenvalue weighted by atomic mass is 10.1. The second kappa shape index (κ2) is 5.27. The highest BCUT2D eigenvalue weighted by atomic mass is 32.2. The van der Waals surface area contributed by atoms with E-state index in [1.165, 1.54) is 14.0 Å². The molecular formula is C13H16FNO5S. The number of benzene rings is 1. The number of nitrogens with one attached hydrogen (secondary N) is 1. The van der Waals surface area contributed by atoms with Gasteiger partial charge < -0.3 is 9.84 Å². The minimum absolute atomic E-state index is 0.0327.